The SMILES string of the molecule is [Fe+2].[O-]C(OCCc1ccsc1)=C1C=CC=C1.[O-]C(OCCc1ccsc1)=C1C=CC=C1. The number of hydrogen-bond acceptors (Lipinski definition) is 6. The molecule has 0 aromatic carbocycles. The first kappa shape index (κ1) is 24.8. The second-order valence-corrected chi connectivity index (χ2v) is 7.94. The van der Waals surface area contributed by atoms with Gasteiger partial charge in [0.25, 0.3) is 0 Å². The molecule has 4 rings (SSSR count). The van der Waals surface area contributed by atoms with Crippen molar-refractivity contribution in [2.24, 2.45) is 0 Å². The van der Waals surface area contributed by atoms with Crippen LogP contribution in [-0.4, -0.2) is 13.2 Å². The Balaban J connectivity index is 0.000000213. The summed E-state index contributed by atoms with van der Waals surface area (Å²) in [5.41, 5.74) is 3.69. The fourth-order valence-electron chi connectivity index (χ4n) is 2.58. The first-order valence-electron chi connectivity index (χ1n) is 9.52. The van der Waals surface area contributed by atoms with Crippen LogP contribution in [0.25, 0.3) is 0 Å². The molecule has 0 atom stereocenters. The van der Waals surface area contributed by atoms with Crippen LogP contribution >= 0.6 is 22.7 Å². The Kier molecular flexibility index (Phi) is 11.0. The van der Waals surface area contributed by atoms with Crippen molar-refractivity contribution in [2.45, 2.75) is 12.8 Å². The largest absolute Gasteiger partial charge is 2.00 e. The fourth-order valence-corrected chi connectivity index (χ4v) is 3.99. The molecule has 0 unspecified atom stereocenters. The predicted octanol–water partition coefficient (Wildman–Crippen LogP) is 4.01. The van der Waals surface area contributed by atoms with E-state index in [1.165, 1.54) is 11.1 Å². The average molecular weight is 494 g/mol. The Morgan fingerprint density at radius 3 is 1.39 bits per heavy atom. The second-order valence-electron chi connectivity index (χ2n) is 6.38. The van der Waals surface area contributed by atoms with Gasteiger partial charge in [-0.25, -0.2) is 0 Å². The predicted molar refractivity (Wildman–Crippen MR) is 119 cm³/mol. The van der Waals surface area contributed by atoms with E-state index >= 15 is 0 Å². The minimum Gasteiger partial charge on any atom is -0.613 e. The molecular formula is C24H22FeO4S2. The second kappa shape index (κ2) is 13.8. The van der Waals surface area contributed by atoms with E-state index in [0.29, 0.717) is 24.4 Å². The van der Waals surface area contributed by atoms with Crippen LogP contribution in [0.2, 0.25) is 0 Å². The maximum Gasteiger partial charge on any atom is 2.00 e. The molecule has 0 saturated carbocycles. The van der Waals surface area contributed by atoms with Crippen LogP contribution in [0.15, 0.2) is 105 Å². The first-order chi connectivity index (χ1) is 14.7. The zero-order valence-corrected chi connectivity index (χ0v) is 19.5. The molecule has 0 aliphatic heterocycles. The van der Waals surface area contributed by atoms with E-state index in [4.69, 9.17) is 9.47 Å². The molecule has 7 heteroatoms. The van der Waals surface area contributed by atoms with Gasteiger partial charge in [0.15, 0.2) is 0 Å². The van der Waals surface area contributed by atoms with Crippen LogP contribution in [0.3, 0.4) is 0 Å². The summed E-state index contributed by atoms with van der Waals surface area (Å²) in [6.45, 7) is 0.890. The number of ether oxygens (including phenoxy) is 2. The maximum absolute atomic E-state index is 11.4. The topological polar surface area (TPSA) is 64.6 Å². The third-order valence-electron chi connectivity index (χ3n) is 4.20. The van der Waals surface area contributed by atoms with Gasteiger partial charge in [0.2, 0.25) is 0 Å². The van der Waals surface area contributed by atoms with Gasteiger partial charge in [-0.05, 0) is 82.0 Å². The molecule has 2 aromatic rings. The smallest absolute Gasteiger partial charge is 0.613 e. The van der Waals surface area contributed by atoms with Gasteiger partial charge in [-0.2, -0.15) is 22.7 Å². The molecule has 2 aliphatic rings. The van der Waals surface area contributed by atoms with Crippen LogP contribution < -0.4 is 10.2 Å². The summed E-state index contributed by atoms with van der Waals surface area (Å²) in [7, 11) is 0. The minimum atomic E-state index is -0.241. The zero-order chi connectivity index (χ0) is 21.0. The van der Waals surface area contributed by atoms with E-state index in [9.17, 15) is 10.2 Å². The van der Waals surface area contributed by atoms with Gasteiger partial charge >= 0.3 is 17.1 Å². The molecule has 2 heterocycles. The summed E-state index contributed by atoms with van der Waals surface area (Å²) in [6.07, 6.45) is 15.9. The summed E-state index contributed by atoms with van der Waals surface area (Å²) in [6, 6.07) is 4.09. The third kappa shape index (κ3) is 8.67. The van der Waals surface area contributed by atoms with Gasteiger partial charge in [0.05, 0.1) is 11.9 Å². The van der Waals surface area contributed by atoms with Gasteiger partial charge < -0.3 is 19.7 Å². The fraction of sp³-hybridized carbons (Fsp3) is 0.167. The molecule has 0 radical (unpaired) electrons. The Labute approximate surface area is 201 Å². The molecule has 0 amide bonds. The minimum absolute atomic E-state index is 0. The first-order valence-corrected chi connectivity index (χ1v) is 11.4. The van der Waals surface area contributed by atoms with E-state index in [1.54, 1.807) is 47.0 Å². The maximum atomic E-state index is 11.4. The third-order valence-corrected chi connectivity index (χ3v) is 5.67. The van der Waals surface area contributed by atoms with Gasteiger partial charge in [0, 0.05) is 0 Å². The number of rotatable bonds is 8. The van der Waals surface area contributed by atoms with Crippen LogP contribution in [0.1, 0.15) is 11.1 Å². The van der Waals surface area contributed by atoms with Gasteiger partial charge in [-0.1, -0.05) is 48.6 Å². The number of allylic oxidation sites excluding steroid dienone is 10. The van der Waals surface area contributed by atoms with Gasteiger partial charge in [-0.15, -0.1) is 0 Å². The van der Waals surface area contributed by atoms with Crippen molar-refractivity contribution in [1.82, 2.24) is 0 Å². The number of thiophene rings is 2. The van der Waals surface area contributed by atoms with Crippen LogP contribution in [0.4, 0.5) is 0 Å². The molecule has 2 aromatic heterocycles. The summed E-state index contributed by atoms with van der Waals surface area (Å²) in [4.78, 5) is 0. The molecule has 4 nitrogen and oxygen atoms in total. The Morgan fingerprint density at radius 1 is 0.677 bits per heavy atom. The van der Waals surface area contributed by atoms with Gasteiger partial charge in [-0.3, -0.25) is 0 Å². The molecule has 0 spiro atoms. The van der Waals surface area contributed by atoms with Crippen molar-refractivity contribution in [3.63, 3.8) is 0 Å². The van der Waals surface area contributed by atoms with Crippen molar-refractivity contribution in [1.29, 1.82) is 0 Å². The zero-order valence-electron chi connectivity index (χ0n) is 16.7. The molecule has 31 heavy (non-hydrogen) atoms. The standard InChI is InChI=1S/2C12H12O2S.Fe/c2*13-12(11-3-1-2-4-11)14-7-5-10-6-8-15-9-10;/h2*1-4,6,8-9,13H,5,7H2;/q;;+2/p-2. The molecule has 0 bridgehead atoms. The monoisotopic (exact) mass is 494 g/mol. The summed E-state index contributed by atoms with van der Waals surface area (Å²) < 4.78 is 10.3. The van der Waals surface area contributed by atoms with Crippen molar-refractivity contribution >= 4 is 22.7 Å². The van der Waals surface area contributed by atoms with Crippen LogP contribution in [0.5, 0.6) is 0 Å². The normalized spacial score (nSPS) is 13.0. The van der Waals surface area contributed by atoms with E-state index < -0.39 is 0 Å². The molecule has 162 valence electrons. The molecule has 2 aliphatic carbocycles. The summed E-state index contributed by atoms with van der Waals surface area (Å²) >= 11 is 3.31. The summed E-state index contributed by atoms with van der Waals surface area (Å²) in [5, 5.41) is 31.0. The quantitative estimate of drug-likeness (QED) is 0.411. The van der Waals surface area contributed by atoms with E-state index in [-0.39, 0.29) is 29.0 Å². The van der Waals surface area contributed by atoms with E-state index in [1.807, 2.05) is 47.2 Å². The van der Waals surface area contributed by atoms with Crippen LogP contribution in [-0.2, 0) is 39.4 Å². The number of hydrogen-bond donors (Lipinski definition) is 0. The van der Waals surface area contributed by atoms with Crippen molar-refractivity contribution in [3.05, 3.63) is 116 Å². The van der Waals surface area contributed by atoms with E-state index in [0.717, 1.165) is 12.8 Å². The van der Waals surface area contributed by atoms with Crippen molar-refractivity contribution in [3.8, 4) is 0 Å². The Bertz CT molecular complexity index is 857. The summed E-state index contributed by atoms with van der Waals surface area (Å²) in [5.74, 6) is -0.481. The van der Waals surface area contributed by atoms with E-state index in [2.05, 4.69) is 10.8 Å². The van der Waals surface area contributed by atoms with Crippen LogP contribution in [0, 0.1) is 0 Å². The molecular weight excluding hydrogens is 472 g/mol. The van der Waals surface area contributed by atoms with Crippen molar-refractivity contribution < 1.29 is 36.8 Å². The Hall–Kier alpha value is -2.44. The molecule has 0 N–H and O–H groups in total. The van der Waals surface area contributed by atoms with Gasteiger partial charge in [0.1, 0.15) is 0 Å². The van der Waals surface area contributed by atoms with Crippen molar-refractivity contribution in [2.75, 3.05) is 13.2 Å². The Morgan fingerprint density at radius 2 is 1.06 bits per heavy atom. The molecule has 0 saturated heterocycles. The molecule has 0 fully saturated rings. The average Bonchev–Trinajstić information content (AvgIpc) is 3.57.